The molecular formula is C21H24Br2N2O. The monoisotopic (exact) mass is 478 g/mol. The van der Waals surface area contributed by atoms with Crippen LogP contribution in [-0.4, -0.2) is 28.4 Å². The maximum atomic E-state index is 10.7. The van der Waals surface area contributed by atoms with Gasteiger partial charge in [0.1, 0.15) is 0 Å². The summed E-state index contributed by atoms with van der Waals surface area (Å²) < 4.78 is 4.39. The summed E-state index contributed by atoms with van der Waals surface area (Å²) in [7, 11) is 0. The van der Waals surface area contributed by atoms with E-state index in [9.17, 15) is 5.11 Å². The molecule has 138 valence electrons. The molecule has 5 heteroatoms. The number of benzene rings is 2. The fourth-order valence-corrected chi connectivity index (χ4v) is 4.85. The molecule has 26 heavy (non-hydrogen) atoms. The van der Waals surface area contributed by atoms with Crippen molar-refractivity contribution in [2.45, 2.75) is 50.8 Å². The highest BCUT2D eigenvalue weighted by atomic mass is 79.9. The summed E-state index contributed by atoms with van der Waals surface area (Å²) in [6.07, 6.45) is 6.05. The van der Waals surface area contributed by atoms with Gasteiger partial charge in [-0.3, -0.25) is 0 Å². The van der Waals surface area contributed by atoms with Gasteiger partial charge in [0, 0.05) is 43.3 Å². The van der Waals surface area contributed by atoms with Crippen LogP contribution in [0.4, 0.5) is 0 Å². The lowest BCUT2D eigenvalue weighted by Gasteiger charge is -2.24. The Balaban J connectivity index is 1.60. The minimum Gasteiger partial charge on any atom is -0.390 e. The van der Waals surface area contributed by atoms with Crippen molar-refractivity contribution in [3.63, 3.8) is 0 Å². The predicted octanol–water partition coefficient (Wildman–Crippen LogP) is 5.60. The van der Waals surface area contributed by atoms with Gasteiger partial charge in [-0.25, -0.2) is 0 Å². The average Bonchev–Trinajstić information content (AvgIpc) is 2.93. The second kappa shape index (κ2) is 8.01. The van der Waals surface area contributed by atoms with E-state index in [1.165, 1.54) is 42.9 Å². The van der Waals surface area contributed by atoms with Gasteiger partial charge < -0.3 is 15.0 Å². The molecule has 0 spiro atoms. The molecule has 4 rings (SSSR count). The minimum atomic E-state index is -0.400. The standard InChI is InChI=1S/C21H24Br2N2O/c22-14-6-8-20-18(10-14)19-11-15(23)7-9-21(19)25(20)13-17(26)12-24-16-4-2-1-3-5-16/h6-11,16-17,24,26H,1-5,12-13H2/t17-/m0/s1. The van der Waals surface area contributed by atoms with E-state index in [4.69, 9.17) is 0 Å². The molecule has 1 heterocycles. The van der Waals surface area contributed by atoms with Gasteiger partial charge in [0.2, 0.25) is 0 Å². The number of aromatic nitrogens is 1. The van der Waals surface area contributed by atoms with Gasteiger partial charge in [-0.15, -0.1) is 0 Å². The summed E-state index contributed by atoms with van der Waals surface area (Å²) in [5.41, 5.74) is 2.33. The number of aliphatic hydroxyl groups is 1. The fourth-order valence-electron chi connectivity index (χ4n) is 4.13. The number of halogens is 2. The molecule has 1 aromatic heterocycles. The van der Waals surface area contributed by atoms with Crippen LogP contribution in [0.2, 0.25) is 0 Å². The maximum absolute atomic E-state index is 10.7. The SMILES string of the molecule is O[C@@H](CNC1CCCCC1)Cn1c2ccc(Br)cc2c2cc(Br)ccc21. The lowest BCUT2D eigenvalue weighted by atomic mass is 9.95. The van der Waals surface area contributed by atoms with Gasteiger partial charge in [-0.05, 0) is 49.2 Å². The van der Waals surface area contributed by atoms with Crippen LogP contribution >= 0.6 is 31.9 Å². The minimum absolute atomic E-state index is 0.400. The first-order chi connectivity index (χ1) is 12.6. The first-order valence-electron chi connectivity index (χ1n) is 9.40. The summed E-state index contributed by atoms with van der Waals surface area (Å²) in [6, 6.07) is 13.3. The second-order valence-electron chi connectivity index (χ2n) is 7.33. The number of aliphatic hydroxyl groups excluding tert-OH is 1. The van der Waals surface area contributed by atoms with Crippen LogP contribution in [-0.2, 0) is 6.54 Å². The molecule has 0 aliphatic heterocycles. The molecule has 1 aliphatic rings. The molecule has 2 N–H and O–H groups in total. The first kappa shape index (κ1) is 18.5. The Kier molecular flexibility index (Phi) is 5.69. The Hall–Kier alpha value is -0.880. The smallest absolute Gasteiger partial charge is 0.0843 e. The number of nitrogens with one attached hydrogen (secondary N) is 1. The van der Waals surface area contributed by atoms with Gasteiger partial charge in [0.05, 0.1) is 12.6 Å². The Morgan fingerprint density at radius 2 is 1.54 bits per heavy atom. The van der Waals surface area contributed by atoms with Crippen molar-refractivity contribution >= 4 is 53.7 Å². The quantitative estimate of drug-likeness (QED) is 0.499. The second-order valence-corrected chi connectivity index (χ2v) is 9.16. The zero-order valence-electron chi connectivity index (χ0n) is 14.7. The average molecular weight is 480 g/mol. The van der Waals surface area contributed by atoms with Crippen molar-refractivity contribution < 1.29 is 5.11 Å². The molecular weight excluding hydrogens is 456 g/mol. The Bertz CT molecular complexity index is 856. The van der Waals surface area contributed by atoms with E-state index in [0.717, 1.165) is 20.0 Å². The molecule has 0 amide bonds. The Morgan fingerprint density at radius 3 is 2.12 bits per heavy atom. The third-order valence-corrected chi connectivity index (χ3v) is 6.42. The van der Waals surface area contributed by atoms with E-state index >= 15 is 0 Å². The van der Waals surface area contributed by atoms with E-state index in [0.29, 0.717) is 19.1 Å². The van der Waals surface area contributed by atoms with Crippen molar-refractivity contribution in [2.75, 3.05) is 6.54 Å². The number of nitrogens with zero attached hydrogens (tertiary/aromatic N) is 1. The lowest BCUT2D eigenvalue weighted by molar-refractivity contribution is 0.147. The summed E-state index contributed by atoms with van der Waals surface area (Å²) in [4.78, 5) is 0. The molecule has 1 fully saturated rings. The van der Waals surface area contributed by atoms with Gasteiger partial charge >= 0.3 is 0 Å². The topological polar surface area (TPSA) is 37.2 Å². The molecule has 1 atom stereocenters. The van der Waals surface area contributed by atoms with Gasteiger partial charge in [-0.1, -0.05) is 51.1 Å². The van der Waals surface area contributed by atoms with Crippen LogP contribution in [0, 0.1) is 0 Å². The molecule has 2 aromatic carbocycles. The zero-order valence-corrected chi connectivity index (χ0v) is 17.9. The van der Waals surface area contributed by atoms with Gasteiger partial charge in [0.15, 0.2) is 0 Å². The summed E-state index contributed by atoms with van der Waals surface area (Å²) in [6.45, 7) is 1.25. The zero-order chi connectivity index (χ0) is 18.1. The summed E-state index contributed by atoms with van der Waals surface area (Å²) >= 11 is 7.17. The molecule has 1 aliphatic carbocycles. The lowest BCUT2D eigenvalue weighted by Crippen LogP contribution is -2.38. The van der Waals surface area contributed by atoms with Crippen LogP contribution < -0.4 is 5.32 Å². The molecule has 0 bridgehead atoms. The number of rotatable bonds is 5. The van der Waals surface area contributed by atoms with E-state index in [1.54, 1.807) is 0 Å². The number of fused-ring (bicyclic) bond motifs is 3. The van der Waals surface area contributed by atoms with Crippen molar-refractivity contribution in [3.05, 3.63) is 45.3 Å². The maximum Gasteiger partial charge on any atom is 0.0843 e. The summed E-state index contributed by atoms with van der Waals surface area (Å²) in [5, 5.41) is 16.7. The molecule has 3 nitrogen and oxygen atoms in total. The third kappa shape index (κ3) is 3.86. The van der Waals surface area contributed by atoms with E-state index in [2.05, 4.69) is 78.1 Å². The highest BCUT2D eigenvalue weighted by molar-refractivity contribution is 9.10. The number of hydrogen-bond acceptors (Lipinski definition) is 2. The van der Waals surface area contributed by atoms with Gasteiger partial charge in [-0.2, -0.15) is 0 Å². The van der Waals surface area contributed by atoms with Gasteiger partial charge in [0.25, 0.3) is 0 Å². The van der Waals surface area contributed by atoms with Crippen molar-refractivity contribution in [3.8, 4) is 0 Å². The summed E-state index contributed by atoms with van der Waals surface area (Å²) in [5.74, 6) is 0. The normalized spacial score (nSPS) is 17.2. The third-order valence-electron chi connectivity index (χ3n) is 5.43. The molecule has 3 aromatic rings. The fraction of sp³-hybridized carbons (Fsp3) is 0.429. The highest BCUT2D eigenvalue weighted by Gasteiger charge is 2.17. The molecule has 0 saturated heterocycles. The molecule has 1 saturated carbocycles. The van der Waals surface area contributed by atoms with E-state index in [-0.39, 0.29) is 0 Å². The first-order valence-corrected chi connectivity index (χ1v) is 11.0. The Labute approximate surface area is 171 Å². The highest BCUT2D eigenvalue weighted by Crippen LogP contribution is 2.33. The predicted molar refractivity (Wildman–Crippen MR) is 116 cm³/mol. The van der Waals surface area contributed by atoms with Crippen LogP contribution in [0.3, 0.4) is 0 Å². The van der Waals surface area contributed by atoms with E-state index in [1.807, 2.05) is 0 Å². The van der Waals surface area contributed by atoms with Crippen LogP contribution in [0.25, 0.3) is 21.8 Å². The van der Waals surface area contributed by atoms with Crippen molar-refractivity contribution in [1.29, 1.82) is 0 Å². The van der Waals surface area contributed by atoms with E-state index < -0.39 is 6.10 Å². The Morgan fingerprint density at radius 1 is 0.962 bits per heavy atom. The van der Waals surface area contributed by atoms with Crippen LogP contribution in [0.1, 0.15) is 32.1 Å². The number of hydrogen-bond donors (Lipinski definition) is 2. The largest absolute Gasteiger partial charge is 0.390 e. The van der Waals surface area contributed by atoms with Crippen LogP contribution in [0.5, 0.6) is 0 Å². The molecule has 0 unspecified atom stereocenters. The molecule has 0 radical (unpaired) electrons. The van der Waals surface area contributed by atoms with Crippen molar-refractivity contribution in [1.82, 2.24) is 9.88 Å². The van der Waals surface area contributed by atoms with Crippen molar-refractivity contribution in [2.24, 2.45) is 0 Å². The van der Waals surface area contributed by atoms with Crippen LogP contribution in [0.15, 0.2) is 45.3 Å².